The van der Waals surface area contributed by atoms with Crippen LogP contribution < -0.4 is 5.32 Å². The third-order valence-electron chi connectivity index (χ3n) is 11.3. The molecule has 324 valence electrons. The molecule has 0 rings (SSSR count). The van der Waals surface area contributed by atoms with Crippen LogP contribution in [0.25, 0.3) is 0 Å². The van der Waals surface area contributed by atoms with E-state index in [-0.39, 0.29) is 17.8 Å². The minimum absolute atomic E-state index is 0.00505. The van der Waals surface area contributed by atoms with Crippen molar-refractivity contribution in [2.75, 3.05) is 26.4 Å². The zero-order valence-electron chi connectivity index (χ0n) is 37.9. The van der Waals surface area contributed by atoms with E-state index in [1.54, 1.807) is 0 Å². The largest absolute Gasteiger partial charge is 0.447 e. The summed E-state index contributed by atoms with van der Waals surface area (Å²) in [5.74, 6) is 0.632. The molecule has 5 nitrogen and oxygen atoms in total. The fraction of sp³-hybridized carbons (Fsp3) is 0.980. The second-order valence-electron chi connectivity index (χ2n) is 18.0. The zero-order chi connectivity index (χ0) is 39.6. The predicted molar refractivity (Wildman–Crippen MR) is 237 cm³/mol. The van der Waals surface area contributed by atoms with Gasteiger partial charge in [0.05, 0.1) is 11.7 Å². The molecule has 54 heavy (non-hydrogen) atoms. The summed E-state index contributed by atoms with van der Waals surface area (Å²) in [5, 5.41) is 2.95. The Labute approximate surface area is 339 Å². The molecular weight excluding hydrogens is 667 g/mol. The van der Waals surface area contributed by atoms with Gasteiger partial charge < -0.3 is 19.5 Å². The number of hydrogen-bond acceptors (Lipinski definition) is 4. The molecule has 0 aliphatic heterocycles. The molecular formula is C49H99NO4. The molecule has 0 aromatic carbocycles. The van der Waals surface area contributed by atoms with E-state index in [0.717, 1.165) is 45.3 Å². The van der Waals surface area contributed by atoms with Crippen LogP contribution in [0.4, 0.5) is 4.79 Å². The van der Waals surface area contributed by atoms with Crippen molar-refractivity contribution in [2.45, 2.75) is 278 Å². The Morgan fingerprint density at radius 2 is 0.870 bits per heavy atom. The number of amides is 1. The van der Waals surface area contributed by atoms with Crippen LogP contribution in [-0.4, -0.2) is 44.2 Å². The van der Waals surface area contributed by atoms with Crippen molar-refractivity contribution in [3.8, 4) is 0 Å². The normalized spacial score (nSPS) is 12.5. The second kappa shape index (κ2) is 41.8. The maximum atomic E-state index is 12.6. The standard InChI is InChI=1S/C49H99NO4/c1-7-9-11-13-15-17-19-21-23-25-27-29-31-33-35-37-39-47(45-53-48(51)50-42-41-49(5,6)54-44-40-46(3)4)52-43-38-36-34-32-30-28-26-24-22-20-18-16-14-12-10-8-2/h46-47H,7-45H2,1-6H3,(H,50,51). The summed E-state index contributed by atoms with van der Waals surface area (Å²) in [6.07, 6.45) is 46.5. The summed E-state index contributed by atoms with van der Waals surface area (Å²) in [6, 6.07) is 0. The Kier molecular flexibility index (Phi) is 41.2. The van der Waals surface area contributed by atoms with E-state index in [0.29, 0.717) is 19.1 Å². The number of ether oxygens (including phenoxy) is 3. The molecule has 1 amide bonds. The molecule has 0 saturated carbocycles. The van der Waals surface area contributed by atoms with Gasteiger partial charge in [0.25, 0.3) is 0 Å². The fourth-order valence-corrected chi connectivity index (χ4v) is 7.36. The number of alkyl carbamates (subject to hydrolysis) is 1. The molecule has 1 atom stereocenters. The van der Waals surface area contributed by atoms with Gasteiger partial charge in [-0.15, -0.1) is 0 Å². The van der Waals surface area contributed by atoms with Gasteiger partial charge in [0.1, 0.15) is 6.61 Å². The minimum Gasteiger partial charge on any atom is -0.447 e. The number of nitrogens with one attached hydrogen (secondary N) is 1. The van der Waals surface area contributed by atoms with Crippen molar-refractivity contribution in [3.05, 3.63) is 0 Å². The molecule has 0 spiro atoms. The Morgan fingerprint density at radius 1 is 0.500 bits per heavy atom. The Hall–Kier alpha value is -0.810. The van der Waals surface area contributed by atoms with Gasteiger partial charge in [0, 0.05) is 19.8 Å². The summed E-state index contributed by atoms with van der Waals surface area (Å²) >= 11 is 0. The molecule has 0 aliphatic carbocycles. The molecule has 0 aromatic heterocycles. The first kappa shape index (κ1) is 53.2. The van der Waals surface area contributed by atoms with Crippen molar-refractivity contribution >= 4 is 6.09 Å². The van der Waals surface area contributed by atoms with Gasteiger partial charge in [-0.2, -0.15) is 0 Å². The maximum absolute atomic E-state index is 12.6. The third kappa shape index (κ3) is 42.3. The van der Waals surface area contributed by atoms with E-state index >= 15 is 0 Å². The average Bonchev–Trinajstić information content (AvgIpc) is 3.14. The molecule has 0 aliphatic rings. The molecule has 0 aromatic rings. The van der Waals surface area contributed by atoms with Gasteiger partial charge in [-0.3, -0.25) is 0 Å². The molecule has 0 fully saturated rings. The van der Waals surface area contributed by atoms with Crippen LogP contribution in [0.3, 0.4) is 0 Å². The van der Waals surface area contributed by atoms with E-state index in [4.69, 9.17) is 14.2 Å². The quantitative estimate of drug-likeness (QED) is 0.0628. The van der Waals surface area contributed by atoms with E-state index in [1.165, 1.54) is 193 Å². The molecule has 1 unspecified atom stereocenters. The molecule has 1 N–H and O–H groups in total. The molecule has 5 heteroatoms. The van der Waals surface area contributed by atoms with Crippen LogP contribution in [0.2, 0.25) is 0 Å². The molecule has 0 radical (unpaired) electrons. The van der Waals surface area contributed by atoms with E-state index in [1.807, 2.05) is 0 Å². The fourth-order valence-electron chi connectivity index (χ4n) is 7.36. The topological polar surface area (TPSA) is 56.8 Å². The van der Waals surface area contributed by atoms with E-state index < -0.39 is 0 Å². The minimum atomic E-state index is -0.337. The lowest BCUT2D eigenvalue weighted by molar-refractivity contribution is -0.0278. The highest BCUT2D eigenvalue weighted by atomic mass is 16.6. The Bertz CT molecular complexity index is 741. The highest BCUT2D eigenvalue weighted by molar-refractivity contribution is 5.67. The van der Waals surface area contributed by atoms with E-state index in [9.17, 15) is 4.79 Å². The number of carbonyl (C=O) groups is 1. The summed E-state index contributed by atoms with van der Waals surface area (Å²) in [4.78, 5) is 12.6. The number of rotatable bonds is 44. The van der Waals surface area contributed by atoms with Gasteiger partial charge in [0.15, 0.2) is 0 Å². The smallest absolute Gasteiger partial charge is 0.407 e. The maximum Gasteiger partial charge on any atom is 0.407 e. The molecule has 0 saturated heterocycles. The van der Waals surface area contributed by atoms with Gasteiger partial charge in [-0.1, -0.05) is 227 Å². The molecule has 0 heterocycles. The number of carbonyl (C=O) groups excluding carboxylic acids is 1. The lowest BCUT2D eigenvalue weighted by atomic mass is 10.0. The van der Waals surface area contributed by atoms with Gasteiger partial charge in [0.2, 0.25) is 0 Å². The highest BCUT2D eigenvalue weighted by Gasteiger charge is 2.19. The molecule has 0 bridgehead atoms. The van der Waals surface area contributed by atoms with Crippen LogP contribution in [0, 0.1) is 5.92 Å². The summed E-state index contributed by atoms with van der Waals surface area (Å²) < 4.78 is 18.1. The van der Waals surface area contributed by atoms with Gasteiger partial charge >= 0.3 is 6.09 Å². The van der Waals surface area contributed by atoms with Crippen LogP contribution in [0.1, 0.15) is 266 Å². The van der Waals surface area contributed by atoms with Crippen molar-refractivity contribution < 1.29 is 19.0 Å². The van der Waals surface area contributed by atoms with Crippen molar-refractivity contribution in [1.82, 2.24) is 5.32 Å². The van der Waals surface area contributed by atoms with Crippen LogP contribution in [0.15, 0.2) is 0 Å². The monoisotopic (exact) mass is 766 g/mol. The third-order valence-corrected chi connectivity index (χ3v) is 11.3. The lowest BCUT2D eigenvalue weighted by Gasteiger charge is -2.26. The Balaban J connectivity index is 4.17. The first-order valence-electron chi connectivity index (χ1n) is 24.5. The first-order valence-corrected chi connectivity index (χ1v) is 24.5. The zero-order valence-corrected chi connectivity index (χ0v) is 37.9. The van der Waals surface area contributed by atoms with Crippen molar-refractivity contribution in [2.24, 2.45) is 5.92 Å². The lowest BCUT2D eigenvalue weighted by Crippen LogP contribution is -2.34. The summed E-state index contributed by atoms with van der Waals surface area (Å²) in [6.45, 7) is 15.6. The highest BCUT2D eigenvalue weighted by Crippen LogP contribution is 2.18. The van der Waals surface area contributed by atoms with Gasteiger partial charge in [-0.05, 0) is 45.4 Å². The summed E-state index contributed by atoms with van der Waals surface area (Å²) in [5.41, 5.74) is -0.256. The van der Waals surface area contributed by atoms with E-state index in [2.05, 4.69) is 46.9 Å². The van der Waals surface area contributed by atoms with Gasteiger partial charge in [-0.25, -0.2) is 4.79 Å². The summed E-state index contributed by atoms with van der Waals surface area (Å²) in [7, 11) is 0. The Morgan fingerprint density at radius 3 is 1.26 bits per heavy atom. The second-order valence-corrected chi connectivity index (χ2v) is 18.0. The first-order chi connectivity index (χ1) is 26.3. The predicted octanol–water partition coefficient (Wildman–Crippen LogP) is 16.2. The van der Waals surface area contributed by atoms with Crippen molar-refractivity contribution in [1.29, 1.82) is 0 Å². The van der Waals surface area contributed by atoms with Crippen LogP contribution in [-0.2, 0) is 14.2 Å². The van der Waals surface area contributed by atoms with Crippen LogP contribution in [0.5, 0.6) is 0 Å². The number of unbranched alkanes of at least 4 members (excludes halogenated alkanes) is 30. The SMILES string of the molecule is CCCCCCCCCCCCCCCCCCOC(CCCCCCCCCCCCCCCCCC)COC(=O)NCCC(C)(C)OCCC(C)C. The average molecular weight is 766 g/mol. The number of hydrogen-bond donors (Lipinski definition) is 1. The van der Waals surface area contributed by atoms with Crippen molar-refractivity contribution in [3.63, 3.8) is 0 Å². The van der Waals surface area contributed by atoms with Crippen LogP contribution >= 0.6 is 0 Å².